The summed E-state index contributed by atoms with van der Waals surface area (Å²) in [5.74, 6) is -0.383. The first-order valence-corrected chi connectivity index (χ1v) is 6.65. The average Bonchev–Trinajstić information content (AvgIpc) is 2.42. The number of carbonyl (C=O) groups is 1. The summed E-state index contributed by atoms with van der Waals surface area (Å²) in [7, 11) is 0. The van der Waals surface area contributed by atoms with E-state index in [0.29, 0.717) is 18.9 Å². The molecule has 6 nitrogen and oxygen atoms in total. The highest BCUT2D eigenvalue weighted by Crippen LogP contribution is 2.12. The summed E-state index contributed by atoms with van der Waals surface area (Å²) >= 11 is 0. The standard InChI is InChI=1S/C14H20N2O4/c1-11(2-7-14(17)18)8-9-15-10-12-3-5-13(6-4-12)16(19)20/h3-6,11,15H,2,7-10H2,1H3,(H,17,18). The molecule has 0 aromatic heterocycles. The van der Waals surface area contributed by atoms with Gasteiger partial charge in [0, 0.05) is 25.1 Å². The number of nitrogens with zero attached hydrogens (tertiary/aromatic N) is 1. The maximum Gasteiger partial charge on any atom is 0.303 e. The van der Waals surface area contributed by atoms with Crippen molar-refractivity contribution < 1.29 is 14.8 Å². The first kappa shape index (κ1) is 16.1. The zero-order valence-electron chi connectivity index (χ0n) is 11.5. The van der Waals surface area contributed by atoms with Crippen LogP contribution in [0.4, 0.5) is 5.69 Å². The summed E-state index contributed by atoms with van der Waals surface area (Å²) in [6.07, 6.45) is 1.82. The zero-order valence-corrected chi connectivity index (χ0v) is 11.5. The van der Waals surface area contributed by atoms with Gasteiger partial charge in [0.2, 0.25) is 0 Å². The van der Waals surface area contributed by atoms with E-state index in [1.54, 1.807) is 12.1 Å². The number of nitrogens with one attached hydrogen (secondary N) is 1. The third-order valence-corrected chi connectivity index (χ3v) is 3.14. The Morgan fingerprint density at radius 3 is 2.55 bits per heavy atom. The third-order valence-electron chi connectivity index (χ3n) is 3.14. The molecule has 1 unspecified atom stereocenters. The van der Waals surface area contributed by atoms with Crippen LogP contribution in [0.5, 0.6) is 0 Å². The fraction of sp³-hybridized carbons (Fsp3) is 0.500. The van der Waals surface area contributed by atoms with Gasteiger partial charge >= 0.3 is 5.97 Å². The van der Waals surface area contributed by atoms with Gasteiger partial charge in [-0.25, -0.2) is 0 Å². The minimum Gasteiger partial charge on any atom is -0.481 e. The van der Waals surface area contributed by atoms with E-state index in [2.05, 4.69) is 5.32 Å². The lowest BCUT2D eigenvalue weighted by Gasteiger charge is -2.10. The second kappa shape index (κ2) is 8.27. The Labute approximate surface area is 118 Å². The molecule has 0 fully saturated rings. The molecule has 0 aliphatic carbocycles. The van der Waals surface area contributed by atoms with E-state index in [1.807, 2.05) is 6.92 Å². The fourth-order valence-electron chi connectivity index (χ4n) is 1.83. The van der Waals surface area contributed by atoms with Crippen molar-refractivity contribution in [2.75, 3.05) is 6.54 Å². The van der Waals surface area contributed by atoms with Gasteiger partial charge in [0.15, 0.2) is 0 Å². The highest BCUT2D eigenvalue weighted by Gasteiger charge is 2.06. The minimum absolute atomic E-state index is 0.0936. The molecule has 0 saturated heterocycles. The second-order valence-electron chi connectivity index (χ2n) is 4.93. The molecule has 1 aromatic carbocycles. The van der Waals surface area contributed by atoms with Crippen LogP contribution >= 0.6 is 0 Å². The Hall–Kier alpha value is -1.95. The van der Waals surface area contributed by atoms with Crippen LogP contribution in [0, 0.1) is 16.0 Å². The second-order valence-corrected chi connectivity index (χ2v) is 4.93. The van der Waals surface area contributed by atoms with Gasteiger partial charge in [0.1, 0.15) is 0 Å². The Balaban J connectivity index is 2.20. The van der Waals surface area contributed by atoms with Crippen LogP contribution in [-0.4, -0.2) is 22.5 Å². The van der Waals surface area contributed by atoms with Gasteiger partial charge in [-0.15, -0.1) is 0 Å². The summed E-state index contributed by atoms with van der Waals surface area (Å²) < 4.78 is 0. The molecule has 0 aliphatic rings. The number of hydrogen-bond donors (Lipinski definition) is 2. The molecule has 6 heteroatoms. The Morgan fingerprint density at radius 1 is 1.35 bits per heavy atom. The third kappa shape index (κ3) is 6.29. The molecular formula is C14H20N2O4. The van der Waals surface area contributed by atoms with Crippen LogP contribution < -0.4 is 5.32 Å². The number of non-ortho nitro benzene ring substituents is 1. The smallest absolute Gasteiger partial charge is 0.303 e. The maximum atomic E-state index is 10.5. The largest absolute Gasteiger partial charge is 0.481 e. The van der Waals surface area contributed by atoms with Gasteiger partial charge in [-0.1, -0.05) is 19.1 Å². The van der Waals surface area contributed by atoms with Gasteiger partial charge in [0.05, 0.1) is 4.92 Å². The van der Waals surface area contributed by atoms with Crippen molar-refractivity contribution in [2.45, 2.75) is 32.7 Å². The van der Waals surface area contributed by atoms with Gasteiger partial charge in [-0.05, 0) is 30.9 Å². The quantitative estimate of drug-likeness (QED) is 0.412. The lowest BCUT2D eigenvalue weighted by Crippen LogP contribution is -2.17. The average molecular weight is 280 g/mol. The first-order chi connectivity index (χ1) is 9.49. The molecule has 1 atom stereocenters. The molecular weight excluding hydrogens is 260 g/mol. The normalized spacial score (nSPS) is 12.1. The van der Waals surface area contributed by atoms with Crippen LogP contribution in [0.2, 0.25) is 0 Å². The highest BCUT2D eigenvalue weighted by molar-refractivity contribution is 5.66. The Kier molecular flexibility index (Phi) is 6.66. The minimum atomic E-state index is -0.754. The predicted octanol–water partition coefficient (Wildman–Crippen LogP) is 2.58. The van der Waals surface area contributed by atoms with Gasteiger partial charge in [-0.3, -0.25) is 14.9 Å². The van der Waals surface area contributed by atoms with Crippen molar-refractivity contribution in [2.24, 2.45) is 5.92 Å². The van der Waals surface area contributed by atoms with E-state index in [0.717, 1.165) is 18.5 Å². The van der Waals surface area contributed by atoms with Crippen LogP contribution in [0.25, 0.3) is 0 Å². The molecule has 110 valence electrons. The topological polar surface area (TPSA) is 92.5 Å². The van der Waals surface area contributed by atoms with E-state index in [4.69, 9.17) is 5.11 Å². The van der Waals surface area contributed by atoms with Gasteiger partial charge < -0.3 is 10.4 Å². The zero-order chi connectivity index (χ0) is 15.0. The number of aliphatic carboxylic acids is 1. The van der Waals surface area contributed by atoms with Crippen molar-refractivity contribution in [1.82, 2.24) is 5.32 Å². The fourth-order valence-corrected chi connectivity index (χ4v) is 1.83. The first-order valence-electron chi connectivity index (χ1n) is 6.65. The van der Waals surface area contributed by atoms with Crippen molar-refractivity contribution >= 4 is 11.7 Å². The number of carboxylic acid groups (broad SMARTS) is 1. The SMILES string of the molecule is CC(CCNCc1ccc([N+](=O)[O-])cc1)CCC(=O)O. The van der Waals surface area contributed by atoms with Gasteiger partial charge in [0.25, 0.3) is 5.69 Å². The van der Waals surface area contributed by atoms with Crippen LogP contribution in [-0.2, 0) is 11.3 Å². The van der Waals surface area contributed by atoms with Crippen LogP contribution in [0.1, 0.15) is 31.7 Å². The van der Waals surface area contributed by atoms with E-state index in [9.17, 15) is 14.9 Å². The summed E-state index contributed by atoms with van der Waals surface area (Å²) in [5.41, 5.74) is 1.09. The number of carboxylic acids is 1. The molecule has 0 bridgehead atoms. The monoisotopic (exact) mass is 280 g/mol. The Morgan fingerprint density at radius 2 is 2.00 bits per heavy atom. The molecule has 0 aliphatic heterocycles. The number of nitro groups is 1. The molecule has 0 spiro atoms. The molecule has 0 radical (unpaired) electrons. The number of nitro benzene ring substituents is 1. The summed E-state index contributed by atoms with van der Waals surface area (Å²) in [4.78, 5) is 20.5. The van der Waals surface area contributed by atoms with Crippen molar-refractivity contribution in [3.8, 4) is 0 Å². The highest BCUT2D eigenvalue weighted by atomic mass is 16.6. The molecule has 1 aromatic rings. The molecule has 1 rings (SSSR count). The van der Waals surface area contributed by atoms with Gasteiger partial charge in [-0.2, -0.15) is 0 Å². The number of benzene rings is 1. The molecule has 0 amide bonds. The lowest BCUT2D eigenvalue weighted by atomic mass is 10.0. The Bertz CT molecular complexity index is 445. The van der Waals surface area contributed by atoms with Crippen molar-refractivity contribution in [3.63, 3.8) is 0 Å². The molecule has 0 heterocycles. The molecule has 20 heavy (non-hydrogen) atoms. The van der Waals surface area contributed by atoms with Crippen LogP contribution in [0.15, 0.2) is 24.3 Å². The van der Waals surface area contributed by atoms with E-state index >= 15 is 0 Å². The summed E-state index contributed by atoms with van der Waals surface area (Å²) in [6.45, 7) is 3.50. The van der Waals surface area contributed by atoms with Crippen molar-refractivity contribution in [1.29, 1.82) is 0 Å². The lowest BCUT2D eigenvalue weighted by molar-refractivity contribution is -0.384. The number of hydrogen-bond acceptors (Lipinski definition) is 4. The number of rotatable bonds is 9. The van der Waals surface area contributed by atoms with E-state index in [1.165, 1.54) is 12.1 Å². The molecule has 2 N–H and O–H groups in total. The van der Waals surface area contributed by atoms with Crippen LogP contribution in [0.3, 0.4) is 0 Å². The maximum absolute atomic E-state index is 10.5. The van der Waals surface area contributed by atoms with E-state index < -0.39 is 10.9 Å². The molecule has 0 saturated carbocycles. The van der Waals surface area contributed by atoms with Crippen molar-refractivity contribution in [3.05, 3.63) is 39.9 Å². The predicted molar refractivity (Wildman–Crippen MR) is 75.5 cm³/mol. The summed E-state index contributed by atoms with van der Waals surface area (Å²) in [6, 6.07) is 6.46. The van der Waals surface area contributed by atoms with E-state index in [-0.39, 0.29) is 12.1 Å². The summed E-state index contributed by atoms with van der Waals surface area (Å²) in [5, 5.41) is 22.3.